The molecule has 0 aliphatic rings. The van der Waals surface area contributed by atoms with Gasteiger partial charge in [0.15, 0.2) is 0 Å². The Morgan fingerprint density at radius 3 is 2.43 bits per heavy atom. The van der Waals surface area contributed by atoms with Crippen LogP contribution >= 0.6 is 0 Å². The van der Waals surface area contributed by atoms with Crippen molar-refractivity contribution in [1.82, 2.24) is 15.1 Å². The van der Waals surface area contributed by atoms with Crippen molar-refractivity contribution >= 4 is 6.03 Å². The van der Waals surface area contributed by atoms with Crippen molar-refractivity contribution in [3.8, 4) is 5.75 Å². The van der Waals surface area contributed by atoms with Gasteiger partial charge in [-0.25, -0.2) is 4.79 Å². The number of rotatable bonds is 8. The second-order valence-corrected chi connectivity index (χ2v) is 6.42. The van der Waals surface area contributed by atoms with Crippen molar-refractivity contribution in [3.63, 3.8) is 0 Å². The van der Waals surface area contributed by atoms with Crippen molar-refractivity contribution in [3.05, 3.63) is 29.3 Å². The van der Waals surface area contributed by atoms with Gasteiger partial charge in [0, 0.05) is 19.1 Å². The fraction of sp³-hybridized carbons (Fsp3) is 0.611. The lowest BCUT2D eigenvalue weighted by Gasteiger charge is -2.27. The number of aryl methyl sites for hydroxylation is 2. The predicted octanol–water partition coefficient (Wildman–Crippen LogP) is 2.66. The van der Waals surface area contributed by atoms with E-state index in [4.69, 9.17) is 4.74 Å². The van der Waals surface area contributed by atoms with E-state index in [2.05, 4.69) is 25.2 Å². The van der Waals surface area contributed by atoms with Gasteiger partial charge in [-0.2, -0.15) is 0 Å². The molecule has 0 saturated heterocycles. The fourth-order valence-corrected chi connectivity index (χ4v) is 2.15. The number of carbonyl (C=O) groups is 1. The first kappa shape index (κ1) is 19.3. The molecule has 0 radical (unpaired) electrons. The second-order valence-electron chi connectivity index (χ2n) is 6.42. The summed E-state index contributed by atoms with van der Waals surface area (Å²) in [7, 11) is 3.98. The van der Waals surface area contributed by atoms with Crippen LogP contribution in [0.25, 0.3) is 0 Å². The fourth-order valence-electron chi connectivity index (χ4n) is 2.15. The molecule has 1 aromatic rings. The van der Waals surface area contributed by atoms with Crippen LogP contribution in [0.3, 0.4) is 0 Å². The Balaban J connectivity index is 2.46. The van der Waals surface area contributed by atoms with Crippen LogP contribution in [0, 0.1) is 13.8 Å². The first-order valence-electron chi connectivity index (χ1n) is 8.20. The number of nitrogens with one attached hydrogen (secondary N) is 1. The number of likely N-dealkylation sites (N-methyl/N-ethyl adjacent to an activating group) is 1. The number of hydrogen-bond acceptors (Lipinski definition) is 3. The molecule has 23 heavy (non-hydrogen) atoms. The van der Waals surface area contributed by atoms with Gasteiger partial charge in [0.1, 0.15) is 12.4 Å². The Hall–Kier alpha value is -1.75. The van der Waals surface area contributed by atoms with E-state index in [1.54, 1.807) is 4.90 Å². The zero-order valence-corrected chi connectivity index (χ0v) is 15.3. The molecule has 0 bridgehead atoms. The van der Waals surface area contributed by atoms with Gasteiger partial charge in [-0.15, -0.1) is 0 Å². The van der Waals surface area contributed by atoms with Crippen LogP contribution < -0.4 is 10.1 Å². The summed E-state index contributed by atoms with van der Waals surface area (Å²) in [6, 6.07) is 6.16. The van der Waals surface area contributed by atoms with E-state index in [-0.39, 0.29) is 12.1 Å². The van der Waals surface area contributed by atoms with Crippen molar-refractivity contribution in [1.29, 1.82) is 0 Å². The maximum absolute atomic E-state index is 12.2. The first-order chi connectivity index (χ1) is 10.8. The summed E-state index contributed by atoms with van der Waals surface area (Å²) in [6.45, 7) is 10.7. The number of urea groups is 1. The third-order valence-electron chi connectivity index (χ3n) is 3.80. The predicted molar refractivity (Wildman–Crippen MR) is 95.2 cm³/mol. The Kier molecular flexibility index (Phi) is 7.89. The van der Waals surface area contributed by atoms with Gasteiger partial charge in [0.05, 0.1) is 6.54 Å². The molecule has 1 aromatic carbocycles. The Bertz CT molecular complexity index is 501. The van der Waals surface area contributed by atoms with Crippen LogP contribution in [-0.4, -0.2) is 62.2 Å². The number of ether oxygens (including phenoxy) is 1. The van der Waals surface area contributed by atoms with Crippen molar-refractivity contribution in [2.45, 2.75) is 33.7 Å². The molecule has 0 spiro atoms. The minimum absolute atomic E-state index is 0.0365. The molecule has 0 unspecified atom stereocenters. The average Bonchev–Trinajstić information content (AvgIpc) is 2.46. The van der Waals surface area contributed by atoms with Crippen molar-refractivity contribution in [2.24, 2.45) is 0 Å². The lowest BCUT2D eigenvalue weighted by molar-refractivity contribution is 0.165. The van der Waals surface area contributed by atoms with Crippen LogP contribution in [0.4, 0.5) is 4.79 Å². The normalized spacial score (nSPS) is 11.0. The Labute approximate surface area is 140 Å². The highest BCUT2D eigenvalue weighted by molar-refractivity contribution is 5.74. The Morgan fingerprint density at radius 2 is 1.87 bits per heavy atom. The van der Waals surface area contributed by atoms with Crippen LogP contribution in [0.5, 0.6) is 5.75 Å². The number of nitrogens with zero attached hydrogens (tertiary/aromatic N) is 2. The van der Waals surface area contributed by atoms with E-state index in [9.17, 15) is 4.79 Å². The summed E-state index contributed by atoms with van der Waals surface area (Å²) >= 11 is 0. The van der Waals surface area contributed by atoms with E-state index in [1.165, 1.54) is 11.1 Å². The third-order valence-corrected chi connectivity index (χ3v) is 3.80. The van der Waals surface area contributed by atoms with Gasteiger partial charge < -0.3 is 19.9 Å². The van der Waals surface area contributed by atoms with Gasteiger partial charge >= 0.3 is 6.03 Å². The summed E-state index contributed by atoms with van der Waals surface area (Å²) in [4.78, 5) is 16.1. The van der Waals surface area contributed by atoms with Crippen molar-refractivity contribution < 1.29 is 9.53 Å². The molecule has 0 aromatic heterocycles. The smallest absolute Gasteiger partial charge is 0.317 e. The van der Waals surface area contributed by atoms with E-state index in [1.807, 2.05) is 45.0 Å². The van der Waals surface area contributed by atoms with Crippen LogP contribution in [0.2, 0.25) is 0 Å². The number of benzene rings is 1. The lowest BCUT2D eigenvalue weighted by atomic mass is 10.1. The quantitative estimate of drug-likeness (QED) is 0.800. The molecule has 1 N–H and O–H groups in total. The largest absolute Gasteiger partial charge is 0.492 e. The van der Waals surface area contributed by atoms with Crippen LogP contribution in [0.15, 0.2) is 18.2 Å². The van der Waals surface area contributed by atoms with Gasteiger partial charge in [0.2, 0.25) is 0 Å². The van der Waals surface area contributed by atoms with Gasteiger partial charge in [-0.1, -0.05) is 6.07 Å². The highest BCUT2D eigenvalue weighted by atomic mass is 16.5. The minimum Gasteiger partial charge on any atom is -0.492 e. The maximum Gasteiger partial charge on any atom is 0.317 e. The van der Waals surface area contributed by atoms with Crippen LogP contribution in [-0.2, 0) is 0 Å². The minimum atomic E-state index is -0.0365. The van der Waals surface area contributed by atoms with E-state index in [0.29, 0.717) is 19.7 Å². The molecule has 0 aliphatic carbocycles. The molecule has 0 atom stereocenters. The highest BCUT2D eigenvalue weighted by Gasteiger charge is 2.16. The zero-order valence-electron chi connectivity index (χ0n) is 15.3. The highest BCUT2D eigenvalue weighted by Crippen LogP contribution is 2.16. The zero-order chi connectivity index (χ0) is 17.4. The number of carbonyl (C=O) groups excluding carboxylic acids is 1. The standard InChI is InChI=1S/C18H31N3O2/c1-14(2)21(18(22)19-9-10-20(5)6)11-12-23-17-8-7-15(3)16(4)13-17/h7-8,13-14H,9-12H2,1-6H3,(H,19,22). The summed E-state index contributed by atoms with van der Waals surface area (Å²) in [5.41, 5.74) is 2.46. The van der Waals surface area contributed by atoms with Crippen molar-refractivity contribution in [2.75, 3.05) is 40.3 Å². The van der Waals surface area contributed by atoms with E-state index < -0.39 is 0 Å². The molecule has 0 saturated carbocycles. The van der Waals surface area contributed by atoms with E-state index >= 15 is 0 Å². The van der Waals surface area contributed by atoms with Gasteiger partial charge in [0.25, 0.3) is 0 Å². The van der Waals surface area contributed by atoms with Gasteiger partial charge in [-0.3, -0.25) is 0 Å². The molecule has 1 rings (SSSR count). The molecule has 130 valence electrons. The van der Waals surface area contributed by atoms with Crippen LogP contribution in [0.1, 0.15) is 25.0 Å². The monoisotopic (exact) mass is 321 g/mol. The molecule has 0 aliphatic heterocycles. The molecule has 5 nitrogen and oxygen atoms in total. The molecule has 0 fully saturated rings. The van der Waals surface area contributed by atoms with Gasteiger partial charge in [-0.05, 0) is 65.0 Å². The lowest BCUT2D eigenvalue weighted by Crippen LogP contribution is -2.47. The molecule has 0 heterocycles. The average molecular weight is 321 g/mol. The number of amides is 2. The second kappa shape index (κ2) is 9.40. The molecular formula is C18H31N3O2. The first-order valence-corrected chi connectivity index (χ1v) is 8.20. The third kappa shape index (κ3) is 6.91. The number of hydrogen-bond donors (Lipinski definition) is 1. The summed E-state index contributed by atoms with van der Waals surface area (Å²) < 4.78 is 5.79. The molecular weight excluding hydrogens is 290 g/mol. The SMILES string of the molecule is Cc1ccc(OCCN(C(=O)NCCN(C)C)C(C)C)cc1C. The summed E-state index contributed by atoms with van der Waals surface area (Å²) in [5, 5.41) is 2.95. The maximum atomic E-state index is 12.2. The van der Waals surface area contributed by atoms with E-state index in [0.717, 1.165) is 12.3 Å². The summed E-state index contributed by atoms with van der Waals surface area (Å²) in [6.07, 6.45) is 0. The Morgan fingerprint density at radius 1 is 1.17 bits per heavy atom. The summed E-state index contributed by atoms with van der Waals surface area (Å²) in [5.74, 6) is 0.852. The molecule has 5 heteroatoms. The molecule has 2 amide bonds. The topological polar surface area (TPSA) is 44.8 Å².